The summed E-state index contributed by atoms with van der Waals surface area (Å²) in [4.78, 5) is 49.1. The van der Waals surface area contributed by atoms with Crippen LogP contribution in [-0.4, -0.2) is 33.0 Å². The molecule has 158 valence electrons. The van der Waals surface area contributed by atoms with E-state index in [1.807, 2.05) is 0 Å². The molecule has 0 bridgehead atoms. The van der Waals surface area contributed by atoms with E-state index in [1.165, 1.54) is 43.3 Å². The van der Waals surface area contributed by atoms with Gasteiger partial charge in [-0.2, -0.15) is 0 Å². The van der Waals surface area contributed by atoms with Crippen molar-refractivity contribution in [1.29, 1.82) is 0 Å². The highest BCUT2D eigenvalue weighted by Gasteiger charge is 2.24. The third-order valence-corrected chi connectivity index (χ3v) is 4.55. The first-order valence-corrected chi connectivity index (χ1v) is 9.33. The zero-order valence-corrected chi connectivity index (χ0v) is 16.8. The zero-order valence-electron chi connectivity index (χ0n) is 16.1. The Morgan fingerprint density at radius 3 is 2.52 bits per heavy atom. The topological polar surface area (TPSA) is 129 Å². The van der Waals surface area contributed by atoms with Crippen LogP contribution in [0.15, 0.2) is 59.5 Å². The molecule has 0 aliphatic heterocycles. The van der Waals surface area contributed by atoms with Crippen LogP contribution in [0.4, 0.5) is 5.69 Å². The molecule has 0 radical (unpaired) electrons. The maximum absolute atomic E-state index is 13.0. The van der Waals surface area contributed by atoms with Crippen LogP contribution in [0.2, 0.25) is 5.02 Å². The van der Waals surface area contributed by atoms with E-state index in [1.54, 1.807) is 0 Å². The molecule has 3 aromatic rings. The molecule has 3 rings (SSSR count). The average Bonchev–Trinajstić information content (AvgIpc) is 2.74. The van der Waals surface area contributed by atoms with Gasteiger partial charge in [-0.15, -0.1) is 0 Å². The second-order valence-corrected chi connectivity index (χ2v) is 6.71. The van der Waals surface area contributed by atoms with E-state index in [0.717, 1.165) is 22.9 Å². The number of phenols is 1. The number of nitro benzene ring substituents is 1. The van der Waals surface area contributed by atoms with Crippen LogP contribution in [0.25, 0.3) is 5.69 Å². The van der Waals surface area contributed by atoms with Crippen molar-refractivity contribution < 1.29 is 24.4 Å². The zero-order chi connectivity index (χ0) is 22.7. The summed E-state index contributed by atoms with van der Waals surface area (Å²) < 4.78 is 5.71. The van der Waals surface area contributed by atoms with Crippen LogP contribution >= 0.6 is 11.6 Å². The van der Waals surface area contributed by atoms with E-state index in [4.69, 9.17) is 16.3 Å². The van der Waals surface area contributed by atoms with Crippen molar-refractivity contribution in [1.82, 2.24) is 4.57 Å². The Balaban J connectivity index is 2.31. The summed E-state index contributed by atoms with van der Waals surface area (Å²) >= 11 is 5.84. The Labute approximate surface area is 180 Å². The summed E-state index contributed by atoms with van der Waals surface area (Å²) in [6.07, 6.45) is 1.07. The number of ketones is 1. The highest BCUT2D eigenvalue weighted by Crippen LogP contribution is 2.27. The number of nitro groups is 1. The Bertz CT molecular complexity index is 1270. The van der Waals surface area contributed by atoms with Gasteiger partial charge in [-0.05, 0) is 37.3 Å². The summed E-state index contributed by atoms with van der Waals surface area (Å²) in [5.74, 6) is -2.00. The number of carbonyl (C=O) groups excluding carboxylic acids is 2. The minimum atomic E-state index is -0.996. The summed E-state index contributed by atoms with van der Waals surface area (Å²) in [5, 5.41) is 21.6. The van der Waals surface area contributed by atoms with E-state index in [2.05, 4.69) is 0 Å². The van der Waals surface area contributed by atoms with Crippen molar-refractivity contribution in [2.24, 2.45) is 0 Å². The summed E-state index contributed by atoms with van der Waals surface area (Å²) in [6.45, 7) is 1.51. The van der Waals surface area contributed by atoms with Crippen molar-refractivity contribution >= 4 is 29.0 Å². The molecule has 0 saturated heterocycles. The minimum absolute atomic E-state index is 0.0307. The molecular weight excluding hydrogens is 428 g/mol. The molecule has 0 aliphatic carbocycles. The molecule has 2 aromatic carbocycles. The summed E-state index contributed by atoms with van der Waals surface area (Å²) in [6, 6.07) is 10.4. The van der Waals surface area contributed by atoms with Gasteiger partial charge in [0.05, 0.1) is 17.1 Å². The predicted octanol–water partition coefficient (Wildman–Crippen LogP) is 3.51. The highest BCUT2D eigenvalue weighted by atomic mass is 35.5. The smallest absolute Gasteiger partial charge is 0.343 e. The SMILES string of the molecule is CCOC(=O)c1cc(C(=O)c2ccccc2O)cn(-c2ccc(Cl)cc2[N+](=O)[O-])c1=O. The molecule has 9 nitrogen and oxygen atoms in total. The van der Waals surface area contributed by atoms with Crippen LogP contribution in [0, 0.1) is 10.1 Å². The van der Waals surface area contributed by atoms with Crippen LogP contribution in [0.1, 0.15) is 33.2 Å². The maximum Gasteiger partial charge on any atom is 0.343 e. The Kier molecular flexibility index (Phi) is 6.17. The fraction of sp³-hybridized carbons (Fsp3) is 0.0952. The molecule has 0 atom stereocenters. The number of phenolic OH excluding ortho intramolecular Hbond substituents is 1. The molecule has 0 fully saturated rings. The van der Waals surface area contributed by atoms with Gasteiger partial charge >= 0.3 is 5.97 Å². The second-order valence-electron chi connectivity index (χ2n) is 6.27. The average molecular weight is 443 g/mol. The first-order chi connectivity index (χ1) is 14.7. The van der Waals surface area contributed by atoms with Crippen molar-refractivity contribution in [2.75, 3.05) is 6.61 Å². The number of para-hydroxylation sites is 1. The normalized spacial score (nSPS) is 10.5. The standard InChI is InChI=1S/C21H15ClN2O7/c1-2-31-21(28)15-9-12(19(26)14-5-3-4-6-18(14)25)11-23(20(15)27)16-8-7-13(22)10-17(16)24(29)30/h3-11,25H,2H2,1H3. The van der Waals surface area contributed by atoms with E-state index in [0.29, 0.717) is 0 Å². The first kappa shape index (κ1) is 21.7. The fourth-order valence-electron chi connectivity index (χ4n) is 2.91. The molecule has 10 heteroatoms. The van der Waals surface area contributed by atoms with Crippen LogP contribution < -0.4 is 5.56 Å². The molecule has 0 saturated carbocycles. The van der Waals surface area contributed by atoms with Gasteiger partial charge in [0.1, 0.15) is 17.0 Å². The number of hydrogen-bond acceptors (Lipinski definition) is 7. The van der Waals surface area contributed by atoms with Crippen molar-refractivity contribution in [2.45, 2.75) is 6.92 Å². The van der Waals surface area contributed by atoms with Gasteiger partial charge in [0, 0.05) is 22.8 Å². The number of carbonyl (C=O) groups is 2. The van der Waals surface area contributed by atoms with E-state index >= 15 is 0 Å². The number of nitrogens with zero attached hydrogens (tertiary/aromatic N) is 2. The quantitative estimate of drug-likeness (QED) is 0.267. The summed E-state index contributed by atoms with van der Waals surface area (Å²) in [7, 11) is 0. The third kappa shape index (κ3) is 4.31. The number of ether oxygens (including phenoxy) is 1. The van der Waals surface area contributed by atoms with Crippen molar-refractivity contribution in [3.8, 4) is 11.4 Å². The van der Waals surface area contributed by atoms with Gasteiger partial charge in [-0.1, -0.05) is 23.7 Å². The van der Waals surface area contributed by atoms with Gasteiger partial charge in [-0.25, -0.2) is 4.79 Å². The van der Waals surface area contributed by atoms with E-state index in [9.17, 15) is 29.6 Å². The molecule has 0 amide bonds. The van der Waals surface area contributed by atoms with Gasteiger partial charge in [0.15, 0.2) is 5.78 Å². The first-order valence-electron chi connectivity index (χ1n) is 8.95. The van der Waals surface area contributed by atoms with Crippen LogP contribution in [0.5, 0.6) is 5.75 Å². The molecule has 1 N–H and O–H groups in total. The molecule has 1 aromatic heterocycles. The largest absolute Gasteiger partial charge is 0.507 e. The molecular formula is C21H15ClN2O7. The number of benzene rings is 2. The number of aromatic nitrogens is 1. The molecule has 0 aliphatic rings. The van der Waals surface area contributed by atoms with E-state index < -0.39 is 33.5 Å². The van der Waals surface area contributed by atoms with Gasteiger partial charge in [0.2, 0.25) is 0 Å². The van der Waals surface area contributed by atoms with E-state index in [-0.39, 0.29) is 34.2 Å². The number of pyridine rings is 1. The van der Waals surface area contributed by atoms with Gasteiger partial charge in [0.25, 0.3) is 11.2 Å². The number of aromatic hydroxyl groups is 1. The second kappa shape index (κ2) is 8.80. The number of hydrogen-bond donors (Lipinski definition) is 1. The Hall–Kier alpha value is -3.98. The lowest BCUT2D eigenvalue weighted by Crippen LogP contribution is -2.28. The van der Waals surface area contributed by atoms with Crippen molar-refractivity contribution in [3.63, 3.8) is 0 Å². The highest BCUT2D eigenvalue weighted by molar-refractivity contribution is 6.30. The van der Waals surface area contributed by atoms with Crippen LogP contribution in [0.3, 0.4) is 0 Å². The van der Waals surface area contributed by atoms with Gasteiger partial charge < -0.3 is 9.84 Å². The number of halogens is 1. The number of rotatable bonds is 6. The Morgan fingerprint density at radius 1 is 1.16 bits per heavy atom. The molecule has 0 unspecified atom stereocenters. The summed E-state index contributed by atoms with van der Waals surface area (Å²) in [5.41, 5.74) is -2.35. The predicted molar refractivity (Wildman–Crippen MR) is 111 cm³/mol. The molecule has 31 heavy (non-hydrogen) atoms. The Morgan fingerprint density at radius 2 is 1.87 bits per heavy atom. The maximum atomic E-state index is 13.0. The monoisotopic (exact) mass is 442 g/mol. The lowest BCUT2D eigenvalue weighted by atomic mass is 10.0. The lowest BCUT2D eigenvalue weighted by molar-refractivity contribution is -0.384. The third-order valence-electron chi connectivity index (χ3n) is 4.32. The minimum Gasteiger partial charge on any atom is -0.507 e. The van der Waals surface area contributed by atoms with Crippen LogP contribution in [-0.2, 0) is 4.74 Å². The lowest BCUT2D eigenvalue weighted by Gasteiger charge is -2.12. The van der Waals surface area contributed by atoms with Gasteiger partial charge in [-0.3, -0.25) is 24.3 Å². The van der Waals surface area contributed by atoms with Crippen molar-refractivity contribution in [3.05, 3.63) is 96.9 Å². The number of esters is 1. The molecule has 0 spiro atoms. The molecule has 1 heterocycles. The fourth-order valence-corrected chi connectivity index (χ4v) is 3.07.